The number of aliphatic carboxylic acids is 1. The number of nitrogens with zero attached hydrogens (tertiary/aromatic N) is 1. The number of carbonyl (C=O) groups is 5. The number of aromatic hydroxyl groups is 1. The Labute approximate surface area is 199 Å². The van der Waals surface area contributed by atoms with Crippen LogP contribution in [0.3, 0.4) is 0 Å². The number of carbonyl (C=O) groups excluding carboxylic acids is 4. The van der Waals surface area contributed by atoms with Crippen LogP contribution >= 0.6 is 11.8 Å². The smallest absolute Gasteiger partial charge is 0.327 e. The first kappa shape index (κ1) is 25.3. The predicted molar refractivity (Wildman–Crippen MR) is 121 cm³/mol. The summed E-state index contributed by atoms with van der Waals surface area (Å²) in [6.07, 6.45) is -0.299. The van der Waals surface area contributed by atoms with Crippen molar-refractivity contribution in [1.82, 2.24) is 20.9 Å². The van der Waals surface area contributed by atoms with Gasteiger partial charge in [-0.05, 0) is 38.6 Å². The molecule has 34 heavy (non-hydrogen) atoms. The second-order valence-corrected chi connectivity index (χ2v) is 10.4. The zero-order valence-electron chi connectivity index (χ0n) is 18.8. The Bertz CT molecular complexity index is 1020. The van der Waals surface area contributed by atoms with Crippen molar-refractivity contribution >= 4 is 41.4 Å². The molecule has 2 aliphatic rings. The van der Waals surface area contributed by atoms with Gasteiger partial charge in [0.15, 0.2) is 0 Å². The van der Waals surface area contributed by atoms with Gasteiger partial charge in [0, 0.05) is 4.75 Å². The molecule has 1 aromatic carbocycles. The van der Waals surface area contributed by atoms with Gasteiger partial charge in [0.25, 0.3) is 0 Å². The molecule has 0 bridgehead atoms. The van der Waals surface area contributed by atoms with Crippen LogP contribution in [-0.4, -0.2) is 80.0 Å². The third-order valence-corrected chi connectivity index (χ3v) is 7.39. The van der Waals surface area contributed by atoms with Gasteiger partial charge in [-0.1, -0.05) is 12.1 Å². The largest absolute Gasteiger partial charge is 0.508 e. The number of carboxylic acid groups (broad SMARTS) is 1. The Kier molecular flexibility index (Phi) is 7.07. The minimum atomic E-state index is -1.26. The molecule has 2 fully saturated rings. The van der Waals surface area contributed by atoms with E-state index in [4.69, 9.17) is 5.73 Å². The van der Waals surface area contributed by atoms with Crippen LogP contribution < -0.4 is 21.7 Å². The summed E-state index contributed by atoms with van der Waals surface area (Å²) in [6.45, 7) is 3.44. The van der Waals surface area contributed by atoms with Crippen LogP contribution in [-0.2, 0) is 24.0 Å². The molecule has 2 saturated heterocycles. The third-order valence-electron chi connectivity index (χ3n) is 5.82. The number of fused-ring (bicyclic) bond motifs is 1. The van der Waals surface area contributed by atoms with Crippen LogP contribution in [0, 0.1) is 0 Å². The van der Waals surface area contributed by atoms with Crippen molar-refractivity contribution in [2.45, 2.75) is 54.6 Å². The van der Waals surface area contributed by atoms with Gasteiger partial charge in [-0.2, -0.15) is 0 Å². The fraction of sp³-hybridized carbons (Fsp3) is 0.476. The van der Waals surface area contributed by atoms with E-state index in [2.05, 4.69) is 16.0 Å². The minimum absolute atomic E-state index is 0.0508. The fourth-order valence-corrected chi connectivity index (χ4v) is 5.74. The average Bonchev–Trinajstić information content (AvgIpc) is 3.02. The molecular formula is C21H27N5O7S. The molecule has 2 heterocycles. The lowest BCUT2D eigenvalue weighted by Crippen LogP contribution is -2.71. The maximum atomic E-state index is 13.2. The number of likely N-dealkylation sites (N-methyl/N-ethyl adjacent to an activating group) is 1. The number of hydrogen-bond acceptors (Lipinski definition) is 8. The lowest BCUT2D eigenvalue weighted by atomic mass is 9.95. The van der Waals surface area contributed by atoms with Gasteiger partial charge >= 0.3 is 5.97 Å². The standard InChI is InChI=1S/C21H27N5O7S/c1-21(2)15(20(32)33)26-18(31)14(19(26)34-21)25-17(30)13(9-4-6-10(27)7-5-9)24-16(29)11(23-3)8-12(22)28/h4-7,11,13-15,19,23,27H,8H2,1-3H3,(H2,22,28)(H,24,29)(H,25,30)(H,32,33)/t11-,13?,14-,15+,19-/m1/s1. The van der Waals surface area contributed by atoms with E-state index in [9.17, 15) is 34.2 Å². The van der Waals surface area contributed by atoms with Crippen molar-refractivity contribution < 1.29 is 34.2 Å². The second kappa shape index (κ2) is 9.50. The molecule has 0 spiro atoms. The van der Waals surface area contributed by atoms with E-state index in [0.717, 1.165) is 0 Å². The van der Waals surface area contributed by atoms with Crippen LogP contribution in [0.2, 0.25) is 0 Å². The number of nitrogens with two attached hydrogens (primary N) is 1. The Hall–Kier alpha value is -3.32. The zero-order chi connectivity index (χ0) is 25.4. The molecule has 0 aromatic heterocycles. The van der Waals surface area contributed by atoms with Crippen molar-refractivity contribution in [3.63, 3.8) is 0 Å². The van der Waals surface area contributed by atoms with Gasteiger partial charge in [-0.25, -0.2) is 4.79 Å². The highest BCUT2D eigenvalue weighted by Gasteiger charge is 2.64. The first-order valence-corrected chi connectivity index (χ1v) is 11.3. The molecule has 0 saturated carbocycles. The Morgan fingerprint density at radius 3 is 2.32 bits per heavy atom. The number of β-lactam (4-membered cyclic amide) rings is 1. The lowest BCUT2D eigenvalue weighted by molar-refractivity contribution is -0.161. The number of benzene rings is 1. The quantitative estimate of drug-likeness (QED) is 0.226. The maximum absolute atomic E-state index is 13.2. The Morgan fingerprint density at radius 2 is 1.79 bits per heavy atom. The number of rotatable bonds is 9. The van der Waals surface area contributed by atoms with Crippen molar-refractivity contribution in [2.75, 3.05) is 7.05 Å². The molecule has 5 atom stereocenters. The molecule has 12 nitrogen and oxygen atoms in total. The van der Waals surface area contributed by atoms with Crippen LogP contribution in [0.4, 0.5) is 0 Å². The minimum Gasteiger partial charge on any atom is -0.508 e. The number of phenolic OH excluding ortho intramolecular Hbond substituents is 1. The summed E-state index contributed by atoms with van der Waals surface area (Å²) in [5.74, 6) is -3.79. The first-order valence-electron chi connectivity index (χ1n) is 10.5. The van der Waals surface area contributed by atoms with E-state index in [0.29, 0.717) is 5.56 Å². The monoisotopic (exact) mass is 493 g/mol. The molecule has 3 rings (SSSR count). The van der Waals surface area contributed by atoms with E-state index in [1.165, 1.54) is 48.0 Å². The second-order valence-electron chi connectivity index (χ2n) is 8.63. The van der Waals surface area contributed by atoms with Gasteiger partial charge in [0.05, 0.1) is 12.5 Å². The van der Waals surface area contributed by atoms with Crippen LogP contribution in [0.5, 0.6) is 5.75 Å². The molecule has 0 radical (unpaired) electrons. The summed E-state index contributed by atoms with van der Waals surface area (Å²) in [6, 6.07) is 1.30. The molecule has 184 valence electrons. The first-order chi connectivity index (χ1) is 15.9. The van der Waals surface area contributed by atoms with E-state index < -0.39 is 63.9 Å². The number of primary amides is 1. The molecule has 13 heteroatoms. The summed E-state index contributed by atoms with van der Waals surface area (Å²) in [5, 5.41) is 26.4. The summed E-state index contributed by atoms with van der Waals surface area (Å²) < 4.78 is -0.759. The van der Waals surface area contributed by atoms with Gasteiger partial charge < -0.3 is 36.8 Å². The normalized spacial score (nSPS) is 24.4. The van der Waals surface area contributed by atoms with Crippen LogP contribution in [0.15, 0.2) is 24.3 Å². The number of hydrogen-bond donors (Lipinski definition) is 6. The van der Waals surface area contributed by atoms with Gasteiger partial charge in [-0.15, -0.1) is 11.8 Å². The summed E-state index contributed by atoms with van der Waals surface area (Å²) in [7, 11) is 1.46. The Balaban J connectivity index is 1.80. The molecule has 0 aliphatic carbocycles. The highest BCUT2D eigenvalue weighted by molar-refractivity contribution is 8.01. The van der Waals surface area contributed by atoms with E-state index in [1.54, 1.807) is 13.8 Å². The number of thioether (sulfide) groups is 1. The zero-order valence-corrected chi connectivity index (χ0v) is 19.6. The molecule has 7 N–H and O–H groups in total. The van der Waals surface area contributed by atoms with Crippen molar-refractivity contribution in [3.8, 4) is 5.75 Å². The molecule has 1 aromatic rings. The average molecular weight is 494 g/mol. The number of nitrogens with one attached hydrogen (secondary N) is 3. The molecule has 4 amide bonds. The maximum Gasteiger partial charge on any atom is 0.327 e. The SMILES string of the molecule is CN[C@H](CC(N)=O)C(=O)NC(C(=O)N[C@@H]1C(=O)N2[C@@H]1SC(C)(C)[C@@H]2C(=O)O)c1ccc(O)cc1. The lowest BCUT2D eigenvalue weighted by Gasteiger charge is -2.44. The van der Waals surface area contributed by atoms with Gasteiger partial charge in [-0.3, -0.25) is 19.2 Å². The van der Waals surface area contributed by atoms with E-state index in [1.807, 2.05) is 0 Å². The molecule has 2 aliphatic heterocycles. The molecular weight excluding hydrogens is 466 g/mol. The van der Waals surface area contributed by atoms with Gasteiger partial charge in [0.1, 0.15) is 29.2 Å². The number of phenols is 1. The third kappa shape index (κ3) is 4.80. The summed E-state index contributed by atoms with van der Waals surface area (Å²) >= 11 is 1.27. The van der Waals surface area contributed by atoms with Crippen LogP contribution in [0.25, 0.3) is 0 Å². The van der Waals surface area contributed by atoms with Crippen molar-refractivity contribution in [3.05, 3.63) is 29.8 Å². The number of amides is 4. The molecule has 1 unspecified atom stereocenters. The summed E-state index contributed by atoms with van der Waals surface area (Å²) in [5.41, 5.74) is 5.51. The summed E-state index contributed by atoms with van der Waals surface area (Å²) in [4.78, 5) is 62.9. The highest BCUT2D eigenvalue weighted by Crippen LogP contribution is 2.50. The van der Waals surface area contributed by atoms with Crippen LogP contribution in [0.1, 0.15) is 31.9 Å². The van der Waals surface area contributed by atoms with Crippen molar-refractivity contribution in [1.29, 1.82) is 0 Å². The van der Waals surface area contributed by atoms with Gasteiger partial charge in [0.2, 0.25) is 23.6 Å². The number of carboxylic acids is 1. The predicted octanol–water partition coefficient (Wildman–Crippen LogP) is -1.36. The Morgan fingerprint density at radius 1 is 1.18 bits per heavy atom. The van der Waals surface area contributed by atoms with Crippen molar-refractivity contribution in [2.24, 2.45) is 5.73 Å². The fourth-order valence-electron chi connectivity index (χ4n) is 4.12. The van der Waals surface area contributed by atoms with E-state index in [-0.39, 0.29) is 12.2 Å². The topological polar surface area (TPSA) is 191 Å². The highest BCUT2D eigenvalue weighted by atomic mass is 32.2. The van der Waals surface area contributed by atoms with E-state index >= 15 is 0 Å².